The third kappa shape index (κ3) is 13.5. The first kappa shape index (κ1) is 45.1. The Bertz CT molecular complexity index is 1670. The minimum atomic E-state index is -2.21. The molecule has 0 radical (unpaired) electrons. The van der Waals surface area contributed by atoms with E-state index < -0.39 is 36.8 Å². The summed E-state index contributed by atoms with van der Waals surface area (Å²) in [6, 6.07) is 9.91. The summed E-state index contributed by atoms with van der Waals surface area (Å²) in [6.07, 6.45) is 30.2. The van der Waals surface area contributed by atoms with Gasteiger partial charge in [0.25, 0.3) is 0 Å². The zero-order valence-corrected chi connectivity index (χ0v) is 44.4. The van der Waals surface area contributed by atoms with Crippen molar-refractivity contribution >= 4 is 108 Å². The summed E-state index contributed by atoms with van der Waals surface area (Å²) in [5, 5.41) is 2.46. The Balaban J connectivity index is 1.26. The van der Waals surface area contributed by atoms with Gasteiger partial charge >= 0.3 is 319 Å². The van der Waals surface area contributed by atoms with Gasteiger partial charge in [0.05, 0.1) is 0 Å². The molecule has 4 heterocycles. The van der Waals surface area contributed by atoms with Gasteiger partial charge in [-0.05, 0) is 0 Å². The van der Waals surface area contributed by atoms with E-state index in [9.17, 15) is 0 Å². The first-order valence-corrected chi connectivity index (χ1v) is 45.2. The van der Waals surface area contributed by atoms with Crippen LogP contribution < -0.4 is 5.79 Å². The molecule has 54 heavy (non-hydrogen) atoms. The van der Waals surface area contributed by atoms with Crippen LogP contribution in [0.15, 0.2) is 24.3 Å². The van der Waals surface area contributed by atoms with Crippen LogP contribution in [0.3, 0.4) is 0 Å². The molecular formula is C46H72N2S4Sn2. The number of thiophene rings is 2. The van der Waals surface area contributed by atoms with E-state index in [-0.39, 0.29) is 0 Å². The summed E-state index contributed by atoms with van der Waals surface area (Å²) in [4.78, 5) is 29.0. The number of rotatable bonds is 26. The van der Waals surface area contributed by atoms with Crippen LogP contribution in [0.5, 0.6) is 0 Å². The van der Waals surface area contributed by atoms with Gasteiger partial charge in [0.2, 0.25) is 0 Å². The molecule has 0 aliphatic carbocycles. The standard InChI is InChI=1S/C40H54N2S4.6CH3.2Sn/c1-3-5-7-9-11-13-15-17-19-21-23-31-25-27-43-37(31)39-41-33-29-36-34(30-35(33)45-39)42-40(46-36)38-32(26-28-44-38)24-22-20-18-16-14-12-10-8-6-4-2;;;;;;;;/h25-26,29-30H,3-24H2,1-2H3;6*1H3;;. The van der Waals surface area contributed by atoms with Gasteiger partial charge in [-0.3, -0.25) is 0 Å². The van der Waals surface area contributed by atoms with Crippen molar-refractivity contribution in [3.8, 4) is 19.8 Å². The van der Waals surface area contributed by atoms with Crippen LogP contribution >= 0.6 is 45.3 Å². The molecule has 0 aliphatic rings. The van der Waals surface area contributed by atoms with Gasteiger partial charge in [0, 0.05) is 0 Å². The number of benzene rings is 1. The number of hydrogen-bond acceptors (Lipinski definition) is 6. The molecule has 0 atom stereocenters. The first-order chi connectivity index (χ1) is 26.0. The van der Waals surface area contributed by atoms with Crippen molar-refractivity contribution in [2.45, 2.75) is 185 Å². The van der Waals surface area contributed by atoms with E-state index in [1.54, 1.807) is 16.9 Å². The molecule has 0 fully saturated rings. The van der Waals surface area contributed by atoms with Gasteiger partial charge in [-0.15, -0.1) is 0 Å². The van der Waals surface area contributed by atoms with Crippen molar-refractivity contribution in [3.63, 3.8) is 0 Å². The van der Waals surface area contributed by atoms with E-state index in [0.29, 0.717) is 0 Å². The number of fused-ring (bicyclic) bond motifs is 2. The van der Waals surface area contributed by atoms with Crippen LogP contribution in [0.25, 0.3) is 40.2 Å². The summed E-state index contributed by atoms with van der Waals surface area (Å²) in [6.45, 7) is 4.61. The second kappa shape index (κ2) is 22.4. The van der Waals surface area contributed by atoms with Crippen molar-refractivity contribution in [2.24, 2.45) is 0 Å². The average molecular weight is 1020 g/mol. The quantitative estimate of drug-likeness (QED) is 0.0407. The van der Waals surface area contributed by atoms with Crippen molar-refractivity contribution in [2.75, 3.05) is 0 Å². The van der Waals surface area contributed by atoms with E-state index in [4.69, 9.17) is 9.97 Å². The fourth-order valence-corrected chi connectivity index (χ4v) is 22.7. The molecule has 5 aromatic rings. The van der Waals surface area contributed by atoms with Crippen LogP contribution in [-0.4, -0.2) is 46.7 Å². The van der Waals surface area contributed by atoms with E-state index in [1.807, 2.05) is 22.7 Å². The van der Waals surface area contributed by atoms with Crippen LogP contribution in [0.1, 0.15) is 153 Å². The maximum atomic E-state index is 5.36. The molecule has 0 spiro atoms. The SMILES string of the molecule is CCCCCCCCCCCCc1c[c]([Sn]([CH3])([CH3])[CH3])sc1-c1nc2cc3sc(-c4s[c]([Sn]([CH3])([CH3])[CH3])cc4CCCCCCCCCCCC)nc3cc2s1. The van der Waals surface area contributed by atoms with E-state index in [1.165, 1.54) is 170 Å². The summed E-state index contributed by atoms with van der Waals surface area (Å²) in [5.41, 5.74) is 5.44. The van der Waals surface area contributed by atoms with Gasteiger partial charge in [-0.1, -0.05) is 39.5 Å². The van der Waals surface area contributed by atoms with Crippen LogP contribution in [-0.2, 0) is 12.8 Å². The predicted octanol–water partition coefficient (Wildman–Crippen LogP) is 16.4. The molecule has 5 rings (SSSR count). The van der Waals surface area contributed by atoms with Gasteiger partial charge in [0.1, 0.15) is 0 Å². The monoisotopic (exact) mass is 1020 g/mol. The number of unbranched alkanes of at least 4 members (excludes halogenated alkanes) is 18. The molecule has 0 saturated carbocycles. The summed E-state index contributed by atoms with van der Waals surface area (Å²) in [5.74, 6) is 0. The summed E-state index contributed by atoms with van der Waals surface area (Å²) < 4.78 is 5.96. The van der Waals surface area contributed by atoms with Crippen LogP contribution in [0.2, 0.25) is 29.6 Å². The van der Waals surface area contributed by atoms with Crippen LogP contribution in [0, 0.1) is 0 Å². The predicted molar refractivity (Wildman–Crippen MR) is 256 cm³/mol. The molecule has 298 valence electrons. The number of aryl methyl sites for hydroxylation is 2. The molecule has 0 bridgehead atoms. The Morgan fingerprint density at radius 1 is 0.407 bits per heavy atom. The Morgan fingerprint density at radius 2 is 0.722 bits per heavy atom. The number of aromatic nitrogens is 2. The van der Waals surface area contributed by atoms with Gasteiger partial charge in [0.15, 0.2) is 0 Å². The van der Waals surface area contributed by atoms with E-state index >= 15 is 0 Å². The molecular weight excluding hydrogens is 946 g/mol. The third-order valence-electron chi connectivity index (χ3n) is 11.0. The normalized spacial score (nSPS) is 12.6. The first-order valence-electron chi connectivity index (χ1n) is 22.0. The fraction of sp³-hybridized carbons (Fsp3) is 0.652. The third-order valence-corrected chi connectivity index (χ3v) is 34.5. The second-order valence-corrected chi connectivity index (χ2v) is 53.1. The Morgan fingerprint density at radius 3 is 1.04 bits per heavy atom. The molecule has 0 amide bonds. The summed E-state index contributed by atoms with van der Waals surface area (Å²) >= 11 is 3.54. The van der Waals surface area contributed by atoms with Gasteiger partial charge < -0.3 is 0 Å². The van der Waals surface area contributed by atoms with E-state index in [2.05, 4.69) is 90.4 Å². The fourth-order valence-electron chi connectivity index (χ4n) is 7.48. The molecule has 0 aliphatic heterocycles. The molecule has 1 aromatic carbocycles. The Hall–Kier alpha value is -0.00260. The van der Waals surface area contributed by atoms with Gasteiger partial charge in [-0.25, -0.2) is 0 Å². The molecule has 0 saturated heterocycles. The second-order valence-electron chi connectivity index (χ2n) is 18.1. The molecule has 0 N–H and O–H groups in total. The molecule has 8 heteroatoms. The molecule has 0 unspecified atom stereocenters. The Kier molecular flexibility index (Phi) is 18.7. The minimum absolute atomic E-state index is 1.15. The topological polar surface area (TPSA) is 25.8 Å². The zero-order chi connectivity index (χ0) is 38.6. The number of hydrogen-bond donors (Lipinski definition) is 0. The van der Waals surface area contributed by atoms with Crippen molar-refractivity contribution in [1.82, 2.24) is 9.97 Å². The van der Waals surface area contributed by atoms with Crippen molar-refractivity contribution in [1.29, 1.82) is 0 Å². The number of thiazole rings is 2. The van der Waals surface area contributed by atoms with Crippen LogP contribution in [0.4, 0.5) is 0 Å². The Labute approximate surface area is 354 Å². The molecule has 4 aromatic heterocycles. The van der Waals surface area contributed by atoms with Crippen molar-refractivity contribution in [3.05, 3.63) is 35.4 Å². The maximum absolute atomic E-state index is 5.36. The van der Waals surface area contributed by atoms with Gasteiger partial charge in [-0.2, -0.15) is 0 Å². The van der Waals surface area contributed by atoms with E-state index in [0.717, 1.165) is 11.0 Å². The molecule has 2 nitrogen and oxygen atoms in total. The summed E-state index contributed by atoms with van der Waals surface area (Å²) in [7, 11) is 0. The average Bonchev–Trinajstić information content (AvgIpc) is 3.92. The van der Waals surface area contributed by atoms with Crippen molar-refractivity contribution < 1.29 is 0 Å². The zero-order valence-electron chi connectivity index (χ0n) is 35.4. The number of nitrogens with zero attached hydrogens (tertiary/aromatic N) is 2.